The van der Waals surface area contributed by atoms with Gasteiger partial charge in [-0.3, -0.25) is 4.98 Å². The second kappa shape index (κ2) is 7.04. The average molecular weight is 290 g/mol. The smallest absolute Gasteiger partial charge is 0.141 e. The predicted molar refractivity (Wildman–Crippen MR) is 79.3 cm³/mol. The molecule has 0 amide bonds. The second-order valence-corrected chi connectivity index (χ2v) is 4.54. The van der Waals surface area contributed by atoms with Gasteiger partial charge in [-0.05, 0) is 36.4 Å². The Morgan fingerprint density at radius 3 is 2.29 bits per heavy atom. The van der Waals surface area contributed by atoms with Crippen molar-refractivity contribution in [3.05, 3.63) is 53.6 Å². The highest BCUT2D eigenvalue weighted by Crippen LogP contribution is 2.29. The standard InChI is InChI=1S/C16H19FN2O2/c1-4-18-16(15-6-5-12(17)10-19-15)11-7-13(20-2)9-14(8-11)21-3/h5-10,16,18H,4H2,1-3H3. The maximum atomic E-state index is 13.1. The lowest BCUT2D eigenvalue weighted by atomic mass is 10.0. The van der Waals surface area contributed by atoms with Crippen molar-refractivity contribution >= 4 is 0 Å². The molecule has 112 valence electrons. The van der Waals surface area contributed by atoms with Gasteiger partial charge in [0, 0.05) is 6.07 Å². The van der Waals surface area contributed by atoms with Crippen molar-refractivity contribution in [2.75, 3.05) is 20.8 Å². The lowest BCUT2D eigenvalue weighted by molar-refractivity contribution is 0.392. The normalized spacial score (nSPS) is 12.0. The minimum absolute atomic E-state index is 0.153. The lowest BCUT2D eigenvalue weighted by Crippen LogP contribution is -2.23. The molecule has 0 saturated heterocycles. The van der Waals surface area contributed by atoms with Gasteiger partial charge in [0.1, 0.15) is 17.3 Å². The highest BCUT2D eigenvalue weighted by molar-refractivity contribution is 5.42. The van der Waals surface area contributed by atoms with Gasteiger partial charge in [-0.1, -0.05) is 6.92 Å². The molecule has 0 spiro atoms. The summed E-state index contributed by atoms with van der Waals surface area (Å²) in [6.07, 6.45) is 1.22. The van der Waals surface area contributed by atoms with Crippen molar-refractivity contribution in [2.24, 2.45) is 0 Å². The summed E-state index contributed by atoms with van der Waals surface area (Å²) in [5.41, 5.74) is 1.70. The van der Waals surface area contributed by atoms with Gasteiger partial charge in [0.25, 0.3) is 0 Å². The zero-order chi connectivity index (χ0) is 15.2. The molecule has 5 heteroatoms. The fourth-order valence-corrected chi connectivity index (χ4v) is 2.15. The van der Waals surface area contributed by atoms with Crippen LogP contribution in [0.15, 0.2) is 36.5 Å². The van der Waals surface area contributed by atoms with Crippen molar-refractivity contribution in [2.45, 2.75) is 13.0 Å². The van der Waals surface area contributed by atoms with Crippen molar-refractivity contribution in [3.63, 3.8) is 0 Å². The quantitative estimate of drug-likeness (QED) is 0.888. The van der Waals surface area contributed by atoms with Gasteiger partial charge in [0.15, 0.2) is 0 Å². The maximum Gasteiger partial charge on any atom is 0.141 e. The summed E-state index contributed by atoms with van der Waals surface area (Å²) in [5, 5.41) is 3.34. The van der Waals surface area contributed by atoms with Crippen LogP contribution in [-0.4, -0.2) is 25.7 Å². The van der Waals surface area contributed by atoms with Gasteiger partial charge in [-0.15, -0.1) is 0 Å². The number of ether oxygens (including phenoxy) is 2. The molecule has 0 fully saturated rings. The van der Waals surface area contributed by atoms with Gasteiger partial charge in [0.05, 0.1) is 32.2 Å². The first-order valence-electron chi connectivity index (χ1n) is 6.75. The van der Waals surface area contributed by atoms with Gasteiger partial charge in [0.2, 0.25) is 0 Å². The Balaban J connectivity index is 2.44. The SMILES string of the molecule is CCNC(c1cc(OC)cc(OC)c1)c1ccc(F)cn1. The first-order valence-corrected chi connectivity index (χ1v) is 6.75. The number of methoxy groups -OCH3 is 2. The van der Waals surface area contributed by atoms with E-state index in [1.807, 2.05) is 25.1 Å². The van der Waals surface area contributed by atoms with E-state index < -0.39 is 0 Å². The monoisotopic (exact) mass is 290 g/mol. The van der Waals surface area contributed by atoms with Crippen molar-refractivity contribution in [1.82, 2.24) is 10.3 Å². The third-order valence-electron chi connectivity index (χ3n) is 3.16. The highest BCUT2D eigenvalue weighted by Gasteiger charge is 2.16. The molecule has 0 saturated carbocycles. The molecule has 1 aromatic carbocycles. The number of pyridine rings is 1. The van der Waals surface area contributed by atoms with Crippen LogP contribution < -0.4 is 14.8 Å². The summed E-state index contributed by atoms with van der Waals surface area (Å²) in [4.78, 5) is 4.17. The largest absolute Gasteiger partial charge is 0.497 e. The Morgan fingerprint density at radius 1 is 1.14 bits per heavy atom. The Bertz CT molecular complexity index is 565. The lowest BCUT2D eigenvalue weighted by Gasteiger charge is -2.19. The van der Waals surface area contributed by atoms with Crippen molar-refractivity contribution < 1.29 is 13.9 Å². The molecule has 0 radical (unpaired) electrons. The van der Waals surface area contributed by atoms with Crippen LogP contribution in [0.2, 0.25) is 0 Å². The number of aromatic nitrogens is 1. The minimum Gasteiger partial charge on any atom is -0.497 e. The summed E-state index contributed by atoms with van der Waals surface area (Å²) in [6, 6.07) is 8.57. The molecule has 1 N–H and O–H groups in total. The first-order chi connectivity index (χ1) is 10.2. The molecule has 4 nitrogen and oxygen atoms in total. The summed E-state index contributed by atoms with van der Waals surface area (Å²) in [5.74, 6) is 1.06. The van der Waals surface area contributed by atoms with E-state index in [0.717, 1.165) is 17.8 Å². The zero-order valence-corrected chi connectivity index (χ0v) is 12.4. The van der Waals surface area contributed by atoms with Crippen LogP contribution in [0.5, 0.6) is 11.5 Å². The van der Waals surface area contributed by atoms with Crippen LogP contribution >= 0.6 is 0 Å². The average Bonchev–Trinajstić information content (AvgIpc) is 2.53. The van der Waals surface area contributed by atoms with E-state index in [0.29, 0.717) is 11.5 Å². The van der Waals surface area contributed by atoms with Crippen molar-refractivity contribution in [3.8, 4) is 11.5 Å². The summed E-state index contributed by atoms with van der Waals surface area (Å²) in [6.45, 7) is 2.76. The summed E-state index contributed by atoms with van der Waals surface area (Å²) < 4.78 is 23.6. The van der Waals surface area contributed by atoms with Crippen LogP contribution in [-0.2, 0) is 0 Å². The highest BCUT2D eigenvalue weighted by atomic mass is 19.1. The van der Waals surface area contributed by atoms with E-state index in [-0.39, 0.29) is 11.9 Å². The minimum atomic E-state index is -0.350. The third kappa shape index (κ3) is 3.70. The number of nitrogens with zero attached hydrogens (tertiary/aromatic N) is 1. The molecule has 0 bridgehead atoms. The number of hydrogen-bond acceptors (Lipinski definition) is 4. The first kappa shape index (κ1) is 15.3. The van der Waals surface area contributed by atoms with E-state index >= 15 is 0 Å². The topological polar surface area (TPSA) is 43.4 Å². The molecule has 2 rings (SSSR count). The predicted octanol–water partition coefficient (Wildman–Crippen LogP) is 2.94. The molecular formula is C16H19FN2O2. The molecular weight excluding hydrogens is 271 g/mol. The number of nitrogens with one attached hydrogen (secondary N) is 1. The molecule has 21 heavy (non-hydrogen) atoms. The Morgan fingerprint density at radius 2 is 1.81 bits per heavy atom. The third-order valence-corrected chi connectivity index (χ3v) is 3.16. The van der Waals surface area contributed by atoms with Crippen LogP contribution in [0, 0.1) is 5.82 Å². The molecule has 2 aromatic rings. The van der Waals surface area contributed by atoms with Crippen LogP contribution in [0.25, 0.3) is 0 Å². The molecule has 1 atom stereocenters. The van der Waals surface area contributed by atoms with E-state index in [1.165, 1.54) is 12.3 Å². The Hall–Kier alpha value is -2.14. The van der Waals surface area contributed by atoms with Crippen LogP contribution in [0.3, 0.4) is 0 Å². The maximum absolute atomic E-state index is 13.1. The summed E-state index contributed by atoms with van der Waals surface area (Å²) >= 11 is 0. The fourth-order valence-electron chi connectivity index (χ4n) is 2.15. The fraction of sp³-hybridized carbons (Fsp3) is 0.312. The summed E-state index contributed by atoms with van der Waals surface area (Å²) in [7, 11) is 3.22. The molecule has 0 aliphatic heterocycles. The van der Waals surface area contributed by atoms with Gasteiger partial charge in [-0.2, -0.15) is 0 Å². The number of rotatable bonds is 6. The Kier molecular flexibility index (Phi) is 5.11. The molecule has 1 heterocycles. The van der Waals surface area contributed by atoms with Gasteiger partial charge in [-0.25, -0.2) is 4.39 Å². The van der Waals surface area contributed by atoms with E-state index in [2.05, 4.69) is 10.3 Å². The second-order valence-electron chi connectivity index (χ2n) is 4.54. The van der Waals surface area contributed by atoms with Gasteiger partial charge >= 0.3 is 0 Å². The molecule has 1 unspecified atom stereocenters. The molecule has 0 aliphatic rings. The zero-order valence-electron chi connectivity index (χ0n) is 12.4. The van der Waals surface area contributed by atoms with Gasteiger partial charge < -0.3 is 14.8 Å². The van der Waals surface area contributed by atoms with E-state index in [1.54, 1.807) is 20.3 Å². The van der Waals surface area contributed by atoms with E-state index in [9.17, 15) is 4.39 Å². The molecule has 0 aliphatic carbocycles. The number of hydrogen-bond donors (Lipinski definition) is 1. The van der Waals surface area contributed by atoms with Crippen LogP contribution in [0.4, 0.5) is 4.39 Å². The molecule has 1 aromatic heterocycles. The van der Waals surface area contributed by atoms with Crippen LogP contribution in [0.1, 0.15) is 24.2 Å². The number of halogens is 1. The van der Waals surface area contributed by atoms with Crippen molar-refractivity contribution in [1.29, 1.82) is 0 Å². The number of benzene rings is 1. The Labute approximate surface area is 123 Å². The van der Waals surface area contributed by atoms with E-state index in [4.69, 9.17) is 9.47 Å².